The normalized spacial score (nSPS) is 13.3. The van der Waals surface area contributed by atoms with Crippen molar-refractivity contribution in [2.24, 2.45) is 11.7 Å². The molecule has 0 fully saturated rings. The predicted molar refractivity (Wildman–Crippen MR) is 233 cm³/mol. The molecule has 0 aliphatic heterocycles. The van der Waals surface area contributed by atoms with Crippen LogP contribution in [0, 0.1) is 5.92 Å². The number of likely N-dealkylation sites (N-methyl/N-ethyl adjacent to an activating group) is 1. The second-order valence-corrected chi connectivity index (χ2v) is 15.4. The standard InChI is InChI=1S/C43H42N2O4S.C5H12N2O/c1-3-39(45-42(48)49-28-38-36-25-15-13-23-34(36)35-24-14-16-26-37(35)38)40(46)27-30(41(47)44-2)29-50-43(31-17-7-4-8-18-31,32-19-9-5-10-20-32)33-21-11-6-12-22-33;1-3-4(6)5(8)7-2/h4-26,30,38-39H,3,27-29H2,1-2H3,(H,44,47)(H,45,48);4H,3,6H2,1-2H3,(H,7,8)/t30-,39-;4-/m11/s1. The van der Waals surface area contributed by atoms with Crippen molar-refractivity contribution in [2.45, 2.75) is 55.9 Å². The van der Waals surface area contributed by atoms with Crippen LogP contribution in [0.4, 0.5) is 4.79 Å². The fraction of sp³-hybridized carbons (Fsp3) is 0.292. The van der Waals surface area contributed by atoms with Crippen molar-refractivity contribution < 1.29 is 23.9 Å². The SMILES string of the molecule is CC[C@@H](N)C(=O)NC.CC[C@@H](NC(=O)OCC1c2ccccc2-c2ccccc21)C(=O)C[C@H](CSC(c1ccccc1)(c1ccccc1)c1ccccc1)C(=O)NC. The Kier molecular flexibility index (Phi) is 15.8. The number of ether oxygens (including phenoxy) is 1. The third-order valence-corrected chi connectivity index (χ3v) is 12.3. The van der Waals surface area contributed by atoms with Gasteiger partial charge in [-0.25, -0.2) is 4.79 Å². The maximum Gasteiger partial charge on any atom is 0.407 e. The monoisotopic (exact) mass is 798 g/mol. The predicted octanol–water partition coefficient (Wildman–Crippen LogP) is 7.82. The van der Waals surface area contributed by atoms with Gasteiger partial charge in [0.15, 0.2) is 5.78 Å². The quantitative estimate of drug-likeness (QED) is 0.0747. The number of fused-ring (bicyclic) bond motifs is 3. The molecule has 3 atom stereocenters. The Bertz CT molecular complexity index is 1970. The zero-order valence-electron chi connectivity index (χ0n) is 33.7. The number of thioether (sulfide) groups is 1. The van der Waals surface area contributed by atoms with Gasteiger partial charge < -0.3 is 26.4 Å². The molecule has 0 unspecified atom stereocenters. The van der Waals surface area contributed by atoms with Crippen molar-refractivity contribution in [2.75, 3.05) is 26.5 Å². The largest absolute Gasteiger partial charge is 0.449 e. The van der Waals surface area contributed by atoms with Crippen LogP contribution in [0.5, 0.6) is 0 Å². The zero-order chi connectivity index (χ0) is 41.5. The van der Waals surface area contributed by atoms with E-state index in [0.717, 1.165) is 38.9 Å². The lowest BCUT2D eigenvalue weighted by molar-refractivity contribution is -0.129. The third kappa shape index (κ3) is 10.2. The molecule has 10 heteroatoms. The van der Waals surface area contributed by atoms with Gasteiger partial charge in [0, 0.05) is 32.2 Å². The van der Waals surface area contributed by atoms with E-state index in [-0.39, 0.29) is 42.6 Å². The van der Waals surface area contributed by atoms with Crippen LogP contribution in [0.1, 0.15) is 66.8 Å². The van der Waals surface area contributed by atoms with E-state index >= 15 is 0 Å². The highest BCUT2D eigenvalue weighted by molar-refractivity contribution is 8.00. The minimum Gasteiger partial charge on any atom is -0.449 e. The van der Waals surface area contributed by atoms with Crippen LogP contribution in [0.25, 0.3) is 11.1 Å². The highest BCUT2D eigenvalue weighted by Gasteiger charge is 2.39. The number of hydrogen-bond donors (Lipinski definition) is 4. The van der Waals surface area contributed by atoms with Gasteiger partial charge in [-0.05, 0) is 51.8 Å². The minimum absolute atomic E-state index is 0.0245. The van der Waals surface area contributed by atoms with Crippen molar-refractivity contribution in [1.29, 1.82) is 0 Å². The van der Waals surface area contributed by atoms with Crippen molar-refractivity contribution in [3.05, 3.63) is 167 Å². The molecule has 9 nitrogen and oxygen atoms in total. The highest BCUT2D eigenvalue weighted by Crippen LogP contribution is 2.49. The minimum atomic E-state index is -0.787. The molecule has 302 valence electrons. The van der Waals surface area contributed by atoms with Crippen LogP contribution in [0.15, 0.2) is 140 Å². The fourth-order valence-electron chi connectivity index (χ4n) is 7.37. The summed E-state index contributed by atoms with van der Waals surface area (Å²) < 4.78 is 5.11. The molecule has 0 spiro atoms. The first-order valence-electron chi connectivity index (χ1n) is 19.8. The lowest BCUT2D eigenvalue weighted by Crippen LogP contribution is -2.43. The number of hydrogen-bond acceptors (Lipinski definition) is 7. The Balaban J connectivity index is 0.000000725. The summed E-state index contributed by atoms with van der Waals surface area (Å²) in [4.78, 5) is 50.8. The molecule has 0 bridgehead atoms. The molecule has 1 aliphatic carbocycles. The molecule has 5 aromatic rings. The van der Waals surface area contributed by atoms with E-state index in [4.69, 9.17) is 10.5 Å². The summed E-state index contributed by atoms with van der Waals surface area (Å²) in [5, 5.41) is 8.03. The van der Waals surface area contributed by atoms with Crippen LogP contribution < -0.4 is 21.7 Å². The second kappa shape index (κ2) is 21.2. The highest BCUT2D eigenvalue weighted by atomic mass is 32.2. The molecule has 1 aliphatic rings. The van der Waals surface area contributed by atoms with Crippen LogP contribution in [-0.4, -0.2) is 62.2 Å². The summed E-state index contributed by atoms with van der Waals surface area (Å²) in [5.41, 5.74) is 13.1. The summed E-state index contributed by atoms with van der Waals surface area (Å²) in [7, 11) is 3.17. The Labute approximate surface area is 346 Å². The number of Topliss-reactive ketones (excluding diaryl/α,β-unsaturated/α-hetero) is 1. The summed E-state index contributed by atoms with van der Waals surface area (Å²) in [6, 6.07) is 46.0. The van der Waals surface area contributed by atoms with E-state index in [1.807, 2.05) is 92.7 Å². The second-order valence-electron chi connectivity index (χ2n) is 14.1. The average Bonchev–Trinajstić information content (AvgIpc) is 3.60. The maximum atomic E-state index is 13.8. The number of alkyl carbamates (subject to hydrolysis) is 1. The van der Waals surface area contributed by atoms with E-state index in [1.54, 1.807) is 25.9 Å². The number of carbonyl (C=O) groups excluding carboxylic acids is 4. The Morgan fingerprint density at radius 2 is 1.10 bits per heavy atom. The molecule has 0 saturated heterocycles. The van der Waals surface area contributed by atoms with Crippen LogP contribution in [-0.2, 0) is 23.9 Å². The van der Waals surface area contributed by atoms with Crippen LogP contribution >= 0.6 is 11.8 Å². The first kappa shape index (κ1) is 43.4. The lowest BCUT2D eigenvalue weighted by Gasteiger charge is -2.36. The molecule has 5 aromatic carbocycles. The number of ketones is 1. The van der Waals surface area contributed by atoms with Gasteiger partial charge in [-0.3, -0.25) is 14.4 Å². The molecule has 0 heterocycles. The molecule has 58 heavy (non-hydrogen) atoms. The van der Waals surface area contributed by atoms with E-state index < -0.39 is 22.8 Å². The van der Waals surface area contributed by atoms with E-state index in [0.29, 0.717) is 18.6 Å². The topological polar surface area (TPSA) is 140 Å². The smallest absolute Gasteiger partial charge is 0.407 e. The number of amides is 3. The van der Waals surface area contributed by atoms with E-state index in [2.05, 4.69) is 76.6 Å². The van der Waals surface area contributed by atoms with Crippen molar-refractivity contribution in [1.82, 2.24) is 16.0 Å². The van der Waals surface area contributed by atoms with Gasteiger partial charge in [0.05, 0.1) is 22.7 Å². The zero-order valence-corrected chi connectivity index (χ0v) is 34.5. The summed E-state index contributed by atoms with van der Waals surface area (Å²) in [6.45, 7) is 3.88. The number of nitrogens with two attached hydrogens (primary N) is 1. The van der Waals surface area contributed by atoms with Gasteiger partial charge in [-0.2, -0.15) is 0 Å². The van der Waals surface area contributed by atoms with Gasteiger partial charge in [-0.1, -0.05) is 153 Å². The van der Waals surface area contributed by atoms with Crippen molar-refractivity contribution >= 4 is 35.5 Å². The summed E-state index contributed by atoms with van der Waals surface area (Å²) in [6.07, 6.45) is 0.399. The molecule has 5 N–H and O–H groups in total. The van der Waals surface area contributed by atoms with Gasteiger partial charge >= 0.3 is 6.09 Å². The van der Waals surface area contributed by atoms with Crippen molar-refractivity contribution in [3.8, 4) is 11.1 Å². The molecule has 3 amide bonds. The average molecular weight is 799 g/mol. The lowest BCUT2D eigenvalue weighted by atomic mass is 9.84. The third-order valence-electron chi connectivity index (χ3n) is 10.6. The van der Waals surface area contributed by atoms with Crippen molar-refractivity contribution in [3.63, 3.8) is 0 Å². The van der Waals surface area contributed by atoms with E-state index in [9.17, 15) is 19.2 Å². The summed E-state index contributed by atoms with van der Waals surface area (Å²) in [5.74, 6) is -0.868. The van der Waals surface area contributed by atoms with Gasteiger partial charge in [0.2, 0.25) is 11.8 Å². The van der Waals surface area contributed by atoms with Gasteiger partial charge in [-0.15, -0.1) is 11.8 Å². The first-order valence-corrected chi connectivity index (χ1v) is 20.8. The number of benzene rings is 5. The number of carbonyl (C=O) groups is 4. The molecular weight excluding hydrogens is 745 g/mol. The number of nitrogens with one attached hydrogen (secondary N) is 3. The molecular formula is C48H54N4O5S. The molecule has 6 rings (SSSR count). The first-order chi connectivity index (χ1) is 28.2. The maximum absolute atomic E-state index is 13.8. The molecule has 0 radical (unpaired) electrons. The Hall–Kier alpha value is -5.71. The van der Waals surface area contributed by atoms with Gasteiger partial charge in [0.25, 0.3) is 0 Å². The Morgan fingerprint density at radius 1 is 0.655 bits per heavy atom. The molecule has 0 aromatic heterocycles. The van der Waals surface area contributed by atoms with E-state index in [1.165, 1.54) is 0 Å². The van der Waals surface area contributed by atoms with Crippen LogP contribution in [0.3, 0.4) is 0 Å². The molecule has 0 saturated carbocycles. The Morgan fingerprint density at radius 3 is 1.52 bits per heavy atom. The number of rotatable bonds is 16. The van der Waals surface area contributed by atoms with Gasteiger partial charge in [0.1, 0.15) is 6.61 Å². The fourth-order valence-corrected chi connectivity index (χ4v) is 9.00. The summed E-state index contributed by atoms with van der Waals surface area (Å²) >= 11 is 1.64. The van der Waals surface area contributed by atoms with Crippen LogP contribution in [0.2, 0.25) is 0 Å².